The first-order valence-corrected chi connectivity index (χ1v) is 6.71. The first-order chi connectivity index (χ1) is 7.27. The molecule has 0 unspecified atom stereocenters. The van der Waals surface area contributed by atoms with Gasteiger partial charge in [-0.25, -0.2) is 22.2 Å². The highest BCUT2D eigenvalue weighted by molar-refractivity contribution is 9.10. The fraction of sp³-hybridized carbons (Fsp3) is 0.143. The van der Waals surface area contributed by atoms with Crippen molar-refractivity contribution in [1.29, 1.82) is 5.26 Å². The van der Waals surface area contributed by atoms with Gasteiger partial charge in [-0.2, -0.15) is 5.26 Å². The van der Waals surface area contributed by atoms with Gasteiger partial charge in [-0.1, -0.05) is 0 Å². The van der Waals surface area contributed by atoms with Crippen LogP contribution in [-0.4, -0.2) is 13.4 Å². The molecule has 0 spiro atoms. The van der Waals surface area contributed by atoms with Gasteiger partial charge < -0.3 is 0 Å². The molecule has 16 heavy (non-hydrogen) atoms. The minimum absolute atomic E-state index is 0.0977. The minimum Gasteiger partial charge on any atom is -0.232 e. The van der Waals surface area contributed by atoms with E-state index in [4.69, 9.17) is 15.9 Å². The van der Waals surface area contributed by atoms with Crippen LogP contribution in [0.15, 0.2) is 15.6 Å². The van der Waals surface area contributed by atoms with E-state index in [1.807, 2.05) is 0 Å². The van der Waals surface area contributed by atoms with Crippen LogP contribution < -0.4 is 0 Å². The van der Waals surface area contributed by atoms with Gasteiger partial charge in [0.15, 0.2) is 5.03 Å². The molecule has 0 radical (unpaired) electrons. The number of hydrogen-bond donors (Lipinski definition) is 0. The third-order valence-corrected chi connectivity index (χ3v) is 3.35. The summed E-state index contributed by atoms with van der Waals surface area (Å²) in [5.74, 6) is 0. The number of aromatic nitrogens is 1. The summed E-state index contributed by atoms with van der Waals surface area (Å²) in [4.78, 5) is 3.15. The van der Waals surface area contributed by atoms with Gasteiger partial charge >= 0.3 is 0 Å². The van der Waals surface area contributed by atoms with Crippen molar-refractivity contribution in [3.63, 3.8) is 0 Å². The van der Waals surface area contributed by atoms with Crippen LogP contribution in [0, 0.1) is 11.3 Å². The molecule has 0 aliphatic carbocycles. The van der Waals surface area contributed by atoms with Gasteiger partial charge in [0, 0.05) is 15.2 Å². The van der Waals surface area contributed by atoms with Crippen molar-refractivity contribution in [2.24, 2.45) is 0 Å². The van der Waals surface area contributed by atoms with E-state index in [2.05, 4.69) is 20.9 Å². The lowest BCUT2D eigenvalue weighted by atomic mass is 10.2. The molecular weight excluding hydrogens is 330 g/mol. The molecule has 4 nitrogen and oxygen atoms in total. The molecule has 0 saturated carbocycles. The van der Waals surface area contributed by atoms with Gasteiger partial charge in [0.05, 0.1) is 5.56 Å². The van der Waals surface area contributed by atoms with Crippen molar-refractivity contribution in [3.8, 4) is 6.07 Å². The molecule has 1 aromatic heterocycles. The Hall–Kier alpha value is -0.780. The van der Waals surface area contributed by atoms with Gasteiger partial charge in [0.25, 0.3) is 15.5 Å². The molecule has 0 aliphatic rings. The van der Waals surface area contributed by atoms with E-state index in [-0.39, 0.29) is 4.47 Å². The molecule has 9 heteroatoms. The largest absolute Gasteiger partial charge is 0.281 e. The van der Waals surface area contributed by atoms with Crippen LogP contribution >= 0.6 is 26.6 Å². The fourth-order valence-corrected chi connectivity index (χ4v) is 2.27. The van der Waals surface area contributed by atoms with Crippen molar-refractivity contribution in [2.75, 3.05) is 0 Å². The highest BCUT2D eigenvalue weighted by Gasteiger charge is 2.23. The standard InChI is InChI=1S/C7H2BrClF2N2O2S/c8-4-1-5(16(9,14)15)13-6(7(10)11)3(4)2-12/h1,7H. The average Bonchev–Trinajstić information content (AvgIpc) is 2.14. The number of nitrogens with zero attached hydrogens (tertiary/aromatic N) is 2. The van der Waals surface area contributed by atoms with Crippen LogP contribution in [0.4, 0.5) is 8.78 Å². The monoisotopic (exact) mass is 330 g/mol. The molecule has 0 atom stereocenters. The van der Waals surface area contributed by atoms with Crippen LogP contribution in [-0.2, 0) is 9.05 Å². The number of hydrogen-bond acceptors (Lipinski definition) is 4. The fourth-order valence-electron chi connectivity index (χ4n) is 0.903. The Morgan fingerprint density at radius 2 is 2.12 bits per heavy atom. The van der Waals surface area contributed by atoms with Gasteiger partial charge in [-0.05, 0) is 22.0 Å². The molecule has 1 heterocycles. The second-order valence-corrected chi connectivity index (χ2v) is 5.92. The summed E-state index contributed by atoms with van der Waals surface area (Å²) in [6.45, 7) is 0. The Morgan fingerprint density at radius 1 is 1.56 bits per heavy atom. The van der Waals surface area contributed by atoms with E-state index < -0.39 is 31.8 Å². The van der Waals surface area contributed by atoms with Crippen LogP contribution in [0.25, 0.3) is 0 Å². The molecule has 0 bridgehead atoms. The first-order valence-electron chi connectivity index (χ1n) is 3.60. The predicted octanol–water partition coefficient (Wildman–Crippen LogP) is 2.58. The quantitative estimate of drug-likeness (QED) is 0.781. The Morgan fingerprint density at radius 3 is 2.50 bits per heavy atom. The summed E-state index contributed by atoms with van der Waals surface area (Å²) in [5.41, 5.74) is -1.34. The van der Waals surface area contributed by atoms with Crippen LogP contribution in [0.1, 0.15) is 17.7 Å². The molecule has 0 aliphatic heterocycles. The normalized spacial score (nSPS) is 11.5. The Balaban J connectivity index is 3.61. The number of rotatable bonds is 2. The predicted molar refractivity (Wildman–Crippen MR) is 54.6 cm³/mol. The van der Waals surface area contributed by atoms with E-state index in [1.165, 1.54) is 6.07 Å². The zero-order chi connectivity index (χ0) is 12.5. The second kappa shape index (κ2) is 4.61. The molecule has 0 saturated heterocycles. The summed E-state index contributed by atoms with van der Waals surface area (Å²) in [6.07, 6.45) is -3.07. The summed E-state index contributed by atoms with van der Waals surface area (Å²) >= 11 is 2.80. The summed E-state index contributed by atoms with van der Waals surface area (Å²) in [7, 11) is 0.746. The van der Waals surface area contributed by atoms with Crippen molar-refractivity contribution >= 4 is 35.7 Å². The number of nitriles is 1. The summed E-state index contributed by atoms with van der Waals surface area (Å²) in [6, 6.07) is 2.39. The van der Waals surface area contributed by atoms with Crippen molar-refractivity contribution < 1.29 is 17.2 Å². The van der Waals surface area contributed by atoms with E-state index >= 15 is 0 Å². The summed E-state index contributed by atoms with van der Waals surface area (Å²) < 4.78 is 46.7. The van der Waals surface area contributed by atoms with Crippen molar-refractivity contribution in [2.45, 2.75) is 11.5 Å². The van der Waals surface area contributed by atoms with E-state index in [0.29, 0.717) is 0 Å². The summed E-state index contributed by atoms with van der Waals surface area (Å²) in [5, 5.41) is 7.88. The van der Waals surface area contributed by atoms with Crippen molar-refractivity contribution in [3.05, 3.63) is 21.8 Å². The van der Waals surface area contributed by atoms with Crippen molar-refractivity contribution in [1.82, 2.24) is 4.98 Å². The molecular formula is C7H2BrClF2N2O2S. The van der Waals surface area contributed by atoms with Gasteiger partial charge in [-0.3, -0.25) is 0 Å². The van der Waals surface area contributed by atoms with Gasteiger partial charge in [0.2, 0.25) is 0 Å². The lowest BCUT2D eigenvalue weighted by Crippen LogP contribution is -2.03. The lowest BCUT2D eigenvalue weighted by Gasteiger charge is -2.05. The maximum absolute atomic E-state index is 12.5. The highest BCUT2D eigenvalue weighted by atomic mass is 79.9. The van der Waals surface area contributed by atoms with Gasteiger partial charge in [-0.15, -0.1) is 0 Å². The lowest BCUT2D eigenvalue weighted by molar-refractivity contribution is 0.145. The van der Waals surface area contributed by atoms with Gasteiger partial charge in [0.1, 0.15) is 11.8 Å². The maximum Gasteiger partial charge on any atom is 0.281 e. The Labute approximate surface area is 102 Å². The van der Waals surface area contributed by atoms with Crippen LogP contribution in [0.2, 0.25) is 0 Å². The molecule has 0 amide bonds. The zero-order valence-electron chi connectivity index (χ0n) is 7.29. The molecule has 1 aromatic rings. The SMILES string of the molecule is N#Cc1c(Br)cc(S(=O)(=O)Cl)nc1C(F)F. The Kier molecular flexibility index (Phi) is 3.83. The topological polar surface area (TPSA) is 70.8 Å². The third-order valence-electron chi connectivity index (χ3n) is 1.54. The van der Waals surface area contributed by atoms with Crippen LogP contribution in [0.3, 0.4) is 0 Å². The highest BCUT2D eigenvalue weighted by Crippen LogP contribution is 2.29. The molecule has 1 rings (SSSR count). The minimum atomic E-state index is -4.22. The molecule has 0 aromatic carbocycles. The maximum atomic E-state index is 12.5. The molecule has 0 fully saturated rings. The van der Waals surface area contributed by atoms with Crippen LogP contribution in [0.5, 0.6) is 0 Å². The molecule has 0 N–H and O–H groups in total. The Bertz CT molecular complexity index is 570. The number of alkyl halides is 2. The van der Waals surface area contributed by atoms with E-state index in [1.54, 1.807) is 0 Å². The smallest absolute Gasteiger partial charge is 0.232 e. The number of halogens is 4. The second-order valence-electron chi connectivity index (χ2n) is 2.55. The number of pyridine rings is 1. The zero-order valence-corrected chi connectivity index (χ0v) is 10.4. The molecule has 86 valence electrons. The average molecular weight is 332 g/mol. The van der Waals surface area contributed by atoms with E-state index in [0.717, 1.165) is 6.07 Å². The third kappa shape index (κ3) is 2.66. The first kappa shape index (κ1) is 13.3. The van der Waals surface area contributed by atoms with E-state index in [9.17, 15) is 17.2 Å².